The second-order valence-corrected chi connectivity index (χ2v) is 11.5. The fourth-order valence-electron chi connectivity index (χ4n) is 4.75. The molecule has 2 amide bonds. The molecule has 0 radical (unpaired) electrons. The minimum Gasteiger partial charge on any atom is -0.491 e. The van der Waals surface area contributed by atoms with E-state index in [4.69, 9.17) is 9.47 Å². The summed E-state index contributed by atoms with van der Waals surface area (Å²) in [6.07, 6.45) is 0.510. The van der Waals surface area contributed by atoms with Crippen LogP contribution in [0.25, 0.3) is 5.76 Å². The molecule has 0 fully saturated rings. The molecule has 38 heavy (non-hydrogen) atoms. The molecule has 0 saturated heterocycles. The van der Waals surface area contributed by atoms with Crippen molar-refractivity contribution in [2.45, 2.75) is 79.9 Å². The number of nitrogens with zero attached hydrogens (tertiary/aromatic N) is 1. The number of imide groups is 1. The summed E-state index contributed by atoms with van der Waals surface area (Å²) in [7, 11) is 0. The summed E-state index contributed by atoms with van der Waals surface area (Å²) in [6, 6.07) is 16.7. The maximum Gasteiger partial charge on any atom is 0.417 e. The number of amides is 2. The van der Waals surface area contributed by atoms with Gasteiger partial charge >= 0.3 is 6.09 Å². The lowest BCUT2D eigenvalue weighted by Crippen LogP contribution is -2.52. The highest BCUT2D eigenvalue weighted by Crippen LogP contribution is 2.40. The fraction of sp³-hybridized carbons (Fsp3) is 0.469. The van der Waals surface area contributed by atoms with Gasteiger partial charge in [-0.05, 0) is 58.6 Å². The third kappa shape index (κ3) is 6.17. The van der Waals surface area contributed by atoms with Crippen molar-refractivity contribution in [2.24, 2.45) is 11.3 Å². The summed E-state index contributed by atoms with van der Waals surface area (Å²) >= 11 is 0. The molecule has 0 saturated carbocycles. The number of carbonyl (C=O) groups excluding carboxylic acids is 3. The first-order valence-electron chi connectivity index (χ1n) is 13.4. The monoisotopic (exact) mass is 519 g/mol. The van der Waals surface area contributed by atoms with Crippen LogP contribution in [-0.4, -0.2) is 34.9 Å². The van der Waals surface area contributed by atoms with Gasteiger partial charge in [-0.1, -0.05) is 74.9 Å². The third-order valence-electron chi connectivity index (χ3n) is 7.51. The van der Waals surface area contributed by atoms with E-state index in [0.29, 0.717) is 24.2 Å². The lowest BCUT2D eigenvalue weighted by Gasteiger charge is -2.40. The SMILES string of the molecule is CCC(C)C(C)(COC1=C(C(C)=O)Cc2ccccc21)C(=O)N(C(=O)OC(C)(C)C)[C@@H](C)c1ccccc1. The van der Waals surface area contributed by atoms with Crippen LogP contribution in [0.1, 0.15) is 84.5 Å². The maximum atomic E-state index is 14.4. The molecule has 0 aliphatic heterocycles. The second kappa shape index (κ2) is 11.5. The van der Waals surface area contributed by atoms with Crippen molar-refractivity contribution in [1.29, 1.82) is 0 Å². The third-order valence-corrected chi connectivity index (χ3v) is 7.51. The van der Waals surface area contributed by atoms with Crippen LogP contribution < -0.4 is 0 Å². The van der Waals surface area contributed by atoms with Gasteiger partial charge in [0, 0.05) is 17.6 Å². The number of benzene rings is 2. The Balaban J connectivity index is 2.02. The summed E-state index contributed by atoms with van der Waals surface area (Å²) in [5, 5.41) is 0. The molecule has 0 N–H and O–H groups in total. The predicted octanol–water partition coefficient (Wildman–Crippen LogP) is 7.14. The Morgan fingerprint density at radius 3 is 2.13 bits per heavy atom. The van der Waals surface area contributed by atoms with Crippen molar-refractivity contribution in [3.8, 4) is 0 Å². The number of ketones is 1. The molecule has 0 spiro atoms. The van der Waals surface area contributed by atoms with E-state index >= 15 is 0 Å². The van der Waals surface area contributed by atoms with Crippen LogP contribution in [0.2, 0.25) is 0 Å². The van der Waals surface area contributed by atoms with E-state index in [9.17, 15) is 14.4 Å². The highest BCUT2D eigenvalue weighted by Gasteiger charge is 2.47. The largest absolute Gasteiger partial charge is 0.491 e. The van der Waals surface area contributed by atoms with Crippen LogP contribution in [-0.2, 0) is 25.5 Å². The molecule has 6 nitrogen and oxygen atoms in total. The van der Waals surface area contributed by atoms with Crippen LogP contribution in [0.15, 0.2) is 60.2 Å². The number of hydrogen-bond donors (Lipinski definition) is 0. The molecule has 0 aromatic heterocycles. The van der Waals surface area contributed by atoms with Gasteiger partial charge in [0.1, 0.15) is 18.0 Å². The Labute approximate surface area is 227 Å². The molecule has 1 aliphatic carbocycles. The van der Waals surface area contributed by atoms with Gasteiger partial charge < -0.3 is 9.47 Å². The van der Waals surface area contributed by atoms with Gasteiger partial charge in [-0.25, -0.2) is 9.69 Å². The topological polar surface area (TPSA) is 72.9 Å². The number of rotatable bonds is 9. The molecular weight excluding hydrogens is 478 g/mol. The van der Waals surface area contributed by atoms with E-state index in [-0.39, 0.29) is 24.2 Å². The van der Waals surface area contributed by atoms with Crippen molar-refractivity contribution in [1.82, 2.24) is 4.90 Å². The van der Waals surface area contributed by atoms with Gasteiger partial charge in [-0.3, -0.25) is 9.59 Å². The minimum absolute atomic E-state index is 0.0160. The standard InChI is InChI=1S/C32H41NO5/c1-9-21(2)32(8,20-37-28-26-18-14-13-17-25(26)19-27(28)23(4)34)29(35)33(30(36)38-31(5,6)7)22(3)24-15-11-10-12-16-24/h10-18,21-22H,9,19-20H2,1-8H3/t21?,22-,32?/m0/s1. The second-order valence-electron chi connectivity index (χ2n) is 11.5. The highest BCUT2D eigenvalue weighted by molar-refractivity contribution is 6.02. The van der Waals surface area contributed by atoms with Crippen LogP contribution in [0, 0.1) is 11.3 Å². The van der Waals surface area contributed by atoms with Crippen molar-refractivity contribution in [3.63, 3.8) is 0 Å². The van der Waals surface area contributed by atoms with Gasteiger partial charge in [0.15, 0.2) is 5.78 Å². The van der Waals surface area contributed by atoms with Crippen LogP contribution >= 0.6 is 0 Å². The average Bonchev–Trinajstić information content (AvgIpc) is 3.25. The van der Waals surface area contributed by atoms with Gasteiger partial charge in [0.05, 0.1) is 11.5 Å². The quantitative estimate of drug-likeness (QED) is 0.352. The molecule has 3 rings (SSSR count). The molecular formula is C32H41NO5. The maximum absolute atomic E-state index is 14.4. The van der Waals surface area contributed by atoms with E-state index < -0.39 is 23.2 Å². The van der Waals surface area contributed by atoms with E-state index in [1.54, 1.807) is 20.8 Å². The molecule has 6 heteroatoms. The Bertz CT molecular complexity index is 1210. The number of ether oxygens (including phenoxy) is 2. The van der Waals surface area contributed by atoms with Gasteiger partial charge in [0.2, 0.25) is 5.91 Å². The van der Waals surface area contributed by atoms with E-state index in [2.05, 4.69) is 0 Å². The summed E-state index contributed by atoms with van der Waals surface area (Å²) in [6.45, 7) is 14.6. The lowest BCUT2D eigenvalue weighted by molar-refractivity contribution is -0.148. The fourth-order valence-corrected chi connectivity index (χ4v) is 4.75. The van der Waals surface area contributed by atoms with Crippen molar-refractivity contribution in [3.05, 3.63) is 76.9 Å². The predicted molar refractivity (Wildman–Crippen MR) is 149 cm³/mol. The van der Waals surface area contributed by atoms with Gasteiger partial charge in [0.25, 0.3) is 0 Å². The molecule has 1 aliphatic rings. The van der Waals surface area contributed by atoms with Crippen LogP contribution in [0.3, 0.4) is 0 Å². The van der Waals surface area contributed by atoms with Gasteiger partial charge in [-0.2, -0.15) is 0 Å². The normalized spacial score (nSPS) is 16.2. The number of carbonyl (C=O) groups is 3. The minimum atomic E-state index is -1.07. The summed E-state index contributed by atoms with van der Waals surface area (Å²) in [5.41, 5.74) is 1.48. The van der Waals surface area contributed by atoms with Crippen molar-refractivity contribution < 1.29 is 23.9 Å². The molecule has 0 bridgehead atoms. The average molecular weight is 520 g/mol. The van der Waals surface area contributed by atoms with Crippen molar-refractivity contribution >= 4 is 23.5 Å². The zero-order valence-corrected chi connectivity index (χ0v) is 24.0. The molecule has 2 aromatic carbocycles. The lowest BCUT2D eigenvalue weighted by atomic mass is 9.75. The van der Waals surface area contributed by atoms with E-state index in [1.165, 1.54) is 11.8 Å². The smallest absolute Gasteiger partial charge is 0.417 e. The highest BCUT2D eigenvalue weighted by atomic mass is 16.6. The summed E-state index contributed by atoms with van der Waals surface area (Å²) < 4.78 is 12.1. The van der Waals surface area contributed by atoms with E-state index in [1.807, 2.05) is 82.3 Å². The number of Topliss-reactive ketones (excluding diaryl/α,β-unsaturated/α-hetero) is 1. The Morgan fingerprint density at radius 2 is 1.55 bits per heavy atom. The van der Waals surface area contributed by atoms with Gasteiger partial charge in [-0.15, -0.1) is 0 Å². The summed E-state index contributed by atoms with van der Waals surface area (Å²) in [5.74, 6) is -0.0224. The number of hydrogen-bond acceptors (Lipinski definition) is 5. The molecule has 0 heterocycles. The summed E-state index contributed by atoms with van der Waals surface area (Å²) in [4.78, 5) is 41.7. The number of fused-ring (bicyclic) bond motifs is 1. The Hall–Kier alpha value is -3.41. The zero-order chi connectivity index (χ0) is 28.3. The van der Waals surface area contributed by atoms with Crippen molar-refractivity contribution in [2.75, 3.05) is 6.61 Å². The van der Waals surface area contributed by atoms with E-state index in [0.717, 1.165) is 16.7 Å². The zero-order valence-electron chi connectivity index (χ0n) is 24.0. The molecule has 2 aromatic rings. The first-order chi connectivity index (χ1) is 17.8. The number of allylic oxidation sites excluding steroid dienone is 1. The van der Waals surface area contributed by atoms with Crippen LogP contribution in [0.4, 0.5) is 4.79 Å². The first-order valence-corrected chi connectivity index (χ1v) is 13.4. The Kier molecular flexibility index (Phi) is 8.86. The molecule has 204 valence electrons. The Morgan fingerprint density at radius 1 is 0.947 bits per heavy atom. The molecule has 3 atom stereocenters. The van der Waals surface area contributed by atoms with Crippen LogP contribution in [0.5, 0.6) is 0 Å². The molecule has 2 unspecified atom stereocenters. The first kappa shape index (κ1) is 29.2.